The van der Waals surface area contributed by atoms with Gasteiger partial charge in [0.15, 0.2) is 0 Å². The molecule has 0 saturated carbocycles. The van der Waals surface area contributed by atoms with Gasteiger partial charge >= 0.3 is 5.97 Å². The molecule has 1 rings (SSSR count). The molecule has 0 bridgehead atoms. The van der Waals surface area contributed by atoms with Crippen LogP contribution < -0.4 is 0 Å². The van der Waals surface area contributed by atoms with Gasteiger partial charge in [-0.3, -0.25) is 4.79 Å². The number of thiophene rings is 1. The van der Waals surface area contributed by atoms with Crippen LogP contribution in [0.5, 0.6) is 0 Å². The zero-order valence-corrected chi connectivity index (χ0v) is 11.9. The Morgan fingerprint density at radius 1 is 1.56 bits per heavy atom. The highest BCUT2D eigenvalue weighted by atomic mass is 35.5. The third-order valence-electron chi connectivity index (χ3n) is 2.00. The van der Waals surface area contributed by atoms with Crippen LogP contribution in [0.15, 0.2) is 16.3 Å². The molecule has 0 fully saturated rings. The fourth-order valence-electron chi connectivity index (χ4n) is 1.19. The van der Waals surface area contributed by atoms with Crippen molar-refractivity contribution in [2.75, 3.05) is 26.8 Å². The lowest BCUT2D eigenvalue weighted by Gasteiger charge is -2.18. The number of aliphatic carboxylic acids is 1. The van der Waals surface area contributed by atoms with Gasteiger partial charge in [0, 0.05) is 13.7 Å². The van der Waals surface area contributed by atoms with Crippen molar-refractivity contribution in [1.82, 2.24) is 4.31 Å². The monoisotopic (exact) mass is 313 g/mol. The van der Waals surface area contributed by atoms with Gasteiger partial charge in [-0.25, -0.2) is 8.42 Å². The first kappa shape index (κ1) is 15.4. The van der Waals surface area contributed by atoms with E-state index >= 15 is 0 Å². The van der Waals surface area contributed by atoms with Crippen LogP contribution >= 0.6 is 22.9 Å². The molecular formula is C9H12ClNO5S2. The first-order chi connectivity index (χ1) is 8.37. The Morgan fingerprint density at radius 2 is 2.22 bits per heavy atom. The second-order valence-electron chi connectivity index (χ2n) is 3.28. The molecule has 1 aromatic heterocycles. The topological polar surface area (TPSA) is 83.9 Å². The average Bonchev–Trinajstić information content (AvgIpc) is 2.71. The zero-order valence-electron chi connectivity index (χ0n) is 9.50. The molecular weight excluding hydrogens is 302 g/mol. The summed E-state index contributed by atoms with van der Waals surface area (Å²) in [5.74, 6) is -1.22. The number of ether oxygens (including phenoxy) is 1. The van der Waals surface area contributed by atoms with Gasteiger partial charge in [0.1, 0.15) is 10.8 Å². The number of methoxy groups -OCH3 is 1. The fraction of sp³-hybridized carbons (Fsp3) is 0.444. The van der Waals surface area contributed by atoms with E-state index in [1.54, 1.807) is 0 Å². The SMILES string of the molecule is COCCN(CC(=O)O)S(=O)(=O)c1ccc(Cl)s1. The number of hydrogen-bond donors (Lipinski definition) is 1. The molecule has 1 N–H and O–H groups in total. The number of hydrogen-bond acceptors (Lipinski definition) is 5. The standard InChI is InChI=1S/C9H12ClNO5S2/c1-16-5-4-11(6-8(12)13)18(14,15)9-3-2-7(10)17-9/h2-3H,4-6H2,1H3,(H,12,13). The number of carbonyl (C=O) groups is 1. The number of sulfonamides is 1. The quantitative estimate of drug-likeness (QED) is 0.815. The lowest BCUT2D eigenvalue weighted by Crippen LogP contribution is -2.37. The number of rotatable bonds is 7. The highest BCUT2D eigenvalue weighted by Gasteiger charge is 2.27. The Balaban J connectivity index is 2.98. The van der Waals surface area contributed by atoms with E-state index < -0.39 is 22.5 Å². The Hall–Kier alpha value is -0.670. The van der Waals surface area contributed by atoms with Crippen LogP contribution in [0.2, 0.25) is 4.34 Å². The molecule has 0 aliphatic carbocycles. The van der Waals surface area contributed by atoms with Gasteiger partial charge in [-0.1, -0.05) is 11.6 Å². The van der Waals surface area contributed by atoms with Gasteiger partial charge in [0.05, 0.1) is 10.9 Å². The molecule has 18 heavy (non-hydrogen) atoms. The maximum atomic E-state index is 12.1. The van der Waals surface area contributed by atoms with Crippen LogP contribution in [0.1, 0.15) is 0 Å². The summed E-state index contributed by atoms with van der Waals surface area (Å²) >= 11 is 6.56. The summed E-state index contributed by atoms with van der Waals surface area (Å²) in [6.45, 7) is -0.520. The minimum atomic E-state index is -3.84. The molecule has 1 heterocycles. The van der Waals surface area contributed by atoms with Crippen LogP contribution in [-0.4, -0.2) is 50.6 Å². The molecule has 0 radical (unpaired) electrons. The van der Waals surface area contributed by atoms with Crippen molar-refractivity contribution in [1.29, 1.82) is 0 Å². The first-order valence-corrected chi connectivity index (χ1v) is 7.47. The summed E-state index contributed by atoms with van der Waals surface area (Å²) in [6, 6.07) is 2.80. The first-order valence-electron chi connectivity index (χ1n) is 4.84. The molecule has 0 spiro atoms. The van der Waals surface area contributed by atoms with E-state index in [0.717, 1.165) is 15.6 Å². The molecule has 0 saturated heterocycles. The minimum Gasteiger partial charge on any atom is -0.480 e. The van der Waals surface area contributed by atoms with Crippen LogP contribution in [0.4, 0.5) is 0 Å². The average molecular weight is 314 g/mol. The van der Waals surface area contributed by atoms with E-state index in [1.165, 1.54) is 19.2 Å². The minimum absolute atomic E-state index is 0.0184. The molecule has 0 aromatic carbocycles. The third-order valence-corrected chi connectivity index (χ3v) is 5.54. The summed E-state index contributed by atoms with van der Waals surface area (Å²) in [4.78, 5) is 10.7. The largest absolute Gasteiger partial charge is 0.480 e. The van der Waals surface area contributed by atoms with E-state index in [2.05, 4.69) is 0 Å². The summed E-state index contributed by atoms with van der Waals surface area (Å²) in [5.41, 5.74) is 0. The van der Waals surface area contributed by atoms with Crippen molar-refractivity contribution in [3.8, 4) is 0 Å². The maximum Gasteiger partial charge on any atom is 0.318 e. The molecule has 102 valence electrons. The van der Waals surface area contributed by atoms with E-state index in [0.29, 0.717) is 4.34 Å². The molecule has 1 aromatic rings. The lowest BCUT2D eigenvalue weighted by molar-refractivity contribution is -0.137. The number of carboxylic acid groups (broad SMARTS) is 1. The van der Waals surface area contributed by atoms with Crippen LogP contribution in [-0.2, 0) is 19.6 Å². The van der Waals surface area contributed by atoms with Crippen LogP contribution in [0, 0.1) is 0 Å². The second kappa shape index (κ2) is 6.48. The normalized spacial score (nSPS) is 11.9. The summed E-state index contributed by atoms with van der Waals surface area (Å²) in [6.07, 6.45) is 0. The van der Waals surface area contributed by atoms with E-state index in [1.807, 2.05) is 0 Å². The molecule has 0 atom stereocenters. The summed E-state index contributed by atoms with van der Waals surface area (Å²) in [5, 5.41) is 8.73. The third kappa shape index (κ3) is 3.92. The number of halogens is 1. The predicted molar refractivity (Wildman–Crippen MR) is 67.6 cm³/mol. The van der Waals surface area contributed by atoms with E-state index in [9.17, 15) is 13.2 Å². The number of nitrogens with zero attached hydrogens (tertiary/aromatic N) is 1. The van der Waals surface area contributed by atoms with Gasteiger partial charge in [-0.15, -0.1) is 11.3 Å². The molecule has 0 unspecified atom stereocenters. The van der Waals surface area contributed by atoms with Crippen molar-refractivity contribution < 1.29 is 23.1 Å². The van der Waals surface area contributed by atoms with Crippen LogP contribution in [0.25, 0.3) is 0 Å². The van der Waals surface area contributed by atoms with Crippen molar-refractivity contribution >= 4 is 38.9 Å². The van der Waals surface area contributed by atoms with Gasteiger partial charge in [-0.05, 0) is 12.1 Å². The van der Waals surface area contributed by atoms with E-state index in [-0.39, 0.29) is 17.4 Å². The van der Waals surface area contributed by atoms with Crippen molar-refractivity contribution in [3.05, 3.63) is 16.5 Å². The lowest BCUT2D eigenvalue weighted by atomic mass is 10.6. The van der Waals surface area contributed by atoms with Gasteiger partial charge in [0.2, 0.25) is 0 Å². The van der Waals surface area contributed by atoms with Gasteiger partial charge < -0.3 is 9.84 Å². The molecule has 0 amide bonds. The van der Waals surface area contributed by atoms with Gasteiger partial charge in [-0.2, -0.15) is 4.31 Å². The fourth-order valence-corrected chi connectivity index (χ4v) is 4.20. The Morgan fingerprint density at radius 3 is 2.67 bits per heavy atom. The predicted octanol–water partition coefficient (Wildman–Crippen LogP) is 1.12. The Bertz CT molecular complexity index is 513. The van der Waals surface area contributed by atoms with Gasteiger partial charge in [0.25, 0.3) is 10.0 Å². The second-order valence-corrected chi connectivity index (χ2v) is 7.16. The van der Waals surface area contributed by atoms with Crippen molar-refractivity contribution in [3.63, 3.8) is 0 Å². The Labute approximate surface area is 114 Å². The Kier molecular flexibility index (Phi) is 5.54. The van der Waals surface area contributed by atoms with Crippen LogP contribution in [0.3, 0.4) is 0 Å². The van der Waals surface area contributed by atoms with Crippen molar-refractivity contribution in [2.45, 2.75) is 4.21 Å². The summed E-state index contributed by atoms with van der Waals surface area (Å²) in [7, 11) is -2.43. The van der Waals surface area contributed by atoms with E-state index in [4.69, 9.17) is 21.4 Å². The molecule has 0 aliphatic heterocycles. The zero-order chi connectivity index (χ0) is 13.8. The van der Waals surface area contributed by atoms with Crippen molar-refractivity contribution in [2.24, 2.45) is 0 Å². The molecule has 9 heteroatoms. The highest BCUT2D eigenvalue weighted by Crippen LogP contribution is 2.27. The number of carboxylic acids is 1. The summed E-state index contributed by atoms with van der Waals surface area (Å²) < 4.78 is 30.3. The molecule has 6 nitrogen and oxygen atoms in total. The smallest absolute Gasteiger partial charge is 0.318 e. The highest BCUT2D eigenvalue weighted by molar-refractivity contribution is 7.91. The molecule has 0 aliphatic rings. The maximum absolute atomic E-state index is 12.1.